The van der Waals surface area contributed by atoms with Crippen molar-refractivity contribution >= 4 is 0 Å². The summed E-state index contributed by atoms with van der Waals surface area (Å²) in [6.45, 7) is 2.01. The molecule has 0 aliphatic carbocycles. The minimum Gasteiger partial charge on any atom is -1.00 e. The first-order valence-electron chi connectivity index (χ1n) is 6.02. The first-order valence-corrected chi connectivity index (χ1v) is 6.02. The van der Waals surface area contributed by atoms with Gasteiger partial charge in [-0.2, -0.15) is 0 Å². The minimum absolute atomic E-state index is 0. The number of hydrogen-bond acceptors (Lipinski definition) is 3. The van der Waals surface area contributed by atoms with Crippen LogP contribution in [0.3, 0.4) is 0 Å². The molecule has 0 amide bonds. The van der Waals surface area contributed by atoms with Gasteiger partial charge in [-0.15, -0.1) is 0 Å². The average Bonchev–Trinajstić information content (AvgIpc) is 2.98. The lowest BCUT2D eigenvalue weighted by Crippen LogP contribution is -3.00. The van der Waals surface area contributed by atoms with Crippen molar-refractivity contribution in [2.45, 2.75) is 13.1 Å². The van der Waals surface area contributed by atoms with Gasteiger partial charge in [-0.1, -0.05) is 6.07 Å². The molecule has 4 nitrogen and oxygen atoms in total. The van der Waals surface area contributed by atoms with Crippen LogP contribution in [-0.2, 0) is 20.1 Å². The predicted octanol–water partition coefficient (Wildman–Crippen LogP) is -0.952. The number of fused-ring (bicyclic) bond motifs is 1. The zero-order valence-electron chi connectivity index (χ0n) is 10.7. The van der Waals surface area contributed by atoms with Gasteiger partial charge in [0, 0.05) is 32.0 Å². The van der Waals surface area contributed by atoms with Gasteiger partial charge in [-0.05, 0) is 29.8 Å². The standard InChI is InChI=1S/C14H16N2O2.ClH/c1-16-6-2-3-12(16)9-15-8-11-4-5-13-14(7-11)18-10-17-13;/h2-7,15H,8-10H2,1H3;1H/p-1. The summed E-state index contributed by atoms with van der Waals surface area (Å²) in [5.41, 5.74) is 2.48. The Labute approximate surface area is 118 Å². The molecular weight excluding hydrogens is 264 g/mol. The highest BCUT2D eigenvalue weighted by atomic mass is 35.5. The maximum absolute atomic E-state index is 5.36. The summed E-state index contributed by atoms with van der Waals surface area (Å²) in [5.74, 6) is 1.68. The highest BCUT2D eigenvalue weighted by Gasteiger charge is 2.12. The second-order valence-corrected chi connectivity index (χ2v) is 4.40. The molecule has 2 heterocycles. The lowest BCUT2D eigenvalue weighted by atomic mass is 10.2. The van der Waals surface area contributed by atoms with E-state index in [0.29, 0.717) is 6.79 Å². The van der Waals surface area contributed by atoms with E-state index in [-0.39, 0.29) is 12.4 Å². The van der Waals surface area contributed by atoms with Gasteiger partial charge in [0.25, 0.3) is 0 Å². The van der Waals surface area contributed by atoms with Gasteiger partial charge in [0.2, 0.25) is 6.79 Å². The third-order valence-electron chi connectivity index (χ3n) is 3.12. The lowest BCUT2D eigenvalue weighted by molar-refractivity contribution is -0.00000529. The van der Waals surface area contributed by atoms with Crippen LogP contribution in [0.15, 0.2) is 36.5 Å². The highest BCUT2D eigenvalue weighted by Crippen LogP contribution is 2.32. The Morgan fingerprint density at radius 1 is 1.16 bits per heavy atom. The number of nitrogens with zero attached hydrogens (tertiary/aromatic N) is 1. The molecule has 1 aliphatic rings. The molecule has 0 radical (unpaired) electrons. The van der Waals surface area contributed by atoms with Gasteiger partial charge in [0.05, 0.1) is 0 Å². The Hall–Kier alpha value is -1.65. The zero-order chi connectivity index (χ0) is 12.4. The van der Waals surface area contributed by atoms with E-state index in [4.69, 9.17) is 9.47 Å². The van der Waals surface area contributed by atoms with Crippen molar-refractivity contribution in [3.8, 4) is 11.5 Å². The Bertz CT molecular complexity index is 554. The quantitative estimate of drug-likeness (QED) is 0.784. The van der Waals surface area contributed by atoms with Gasteiger partial charge in [0.15, 0.2) is 11.5 Å². The van der Waals surface area contributed by atoms with Crippen LogP contribution in [0.2, 0.25) is 0 Å². The smallest absolute Gasteiger partial charge is 0.231 e. The van der Waals surface area contributed by atoms with E-state index in [2.05, 4.69) is 41.3 Å². The number of aryl methyl sites for hydroxylation is 1. The van der Waals surface area contributed by atoms with Crippen LogP contribution in [0.5, 0.6) is 11.5 Å². The number of halogens is 1. The molecule has 0 fully saturated rings. The van der Waals surface area contributed by atoms with Crippen LogP contribution in [0.1, 0.15) is 11.3 Å². The summed E-state index contributed by atoms with van der Waals surface area (Å²) in [7, 11) is 2.05. The Morgan fingerprint density at radius 3 is 2.79 bits per heavy atom. The van der Waals surface area contributed by atoms with Crippen molar-refractivity contribution in [2.24, 2.45) is 7.05 Å². The minimum atomic E-state index is 0. The molecule has 0 bridgehead atoms. The van der Waals surface area contributed by atoms with E-state index in [0.717, 1.165) is 24.6 Å². The van der Waals surface area contributed by atoms with E-state index in [1.807, 2.05) is 12.1 Å². The summed E-state index contributed by atoms with van der Waals surface area (Å²) < 4.78 is 12.8. The van der Waals surface area contributed by atoms with E-state index >= 15 is 0 Å². The van der Waals surface area contributed by atoms with Crippen molar-refractivity contribution < 1.29 is 21.9 Å². The molecule has 1 aromatic carbocycles. The largest absolute Gasteiger partial charge is 1.00 e. The number of rotatable bonds is 4. The topological polar surface area (TPSA) is 35.4 Å². The van der Waals surface area contributed by atoms with Crippen molar-refractivity contribution in [3.05, 3.63) is 47.8 Å². The molecule has 0 unspecified atom stereocenters. The molecule has 2 aromatic rings. The van der Waals surface area contributed by atoms with Crippen LogP contribution in [-0.4, -0.2) is 11.4 Å². The molecule has 3 rings (SSSR count). The highest BCUT2D eigenvalue weighted by molar-refractivity contribution is 5.44. The van der Waals surface area contributed by atoms with Crippen LogP contribution >= 0.6 is 0 Å². The van der Waals surface area contributed by atoms with Crippen LogP contribution < -0.4 is 27.2 Å². The molecule has 0 spiro atoms. The molecule has 19 heavy (non-hydrogen) atoms. The fraction of sp³-hybridized carbons (Fsp3) is 0.286. The second-order valence-electron chi connectivity index (χ2n) is 4.40. The summed E-state index contributed by atoms with van der Waals surface area (Å²) in [4.78, 5) is 0. The SMILES string of the molecule is Cn1cccc1CNCc1ccc2c(c1)OCO2.[Cl-]. The Balaban J connectivity index is 0.00000133. The molecule has 0 saturated heterocycles. The van der Waals surface area contributed by atoms with Gasteiger partial charge in [-0.3, -0.25) is 0 Å². The normalized spacial score (nSPS) is 12.3. The van der Waals surface area contributed by atoms with Crippen LogP contribution in [0.4, 0.5) is 0 Å². The first kappa shape index (κ1) is 13.8. The lowest BCUT2D eigenvalue weighted by Gasteiger charge is -2.07. The van der Waals surface area contributed by atoms with Gasteiger partial charge in [0.1, 0.15) is 0 Å². The van der Waals surface area contributed by atoms with E-state index in [1.165, 1.54) is 11.3 Å². The average molecular weight is 280 g/mol. The summed E-state index contributed by atoms with van der Waals surface area (Å²) in [6.07, 6.45) is 2.05. The maximum Gasteiger partial charge on any atom is 0.231 e. The molecule has 1 aromatic heterocycles. The van der Waals surface area contributed by atoms with E-state index in [9.17, 15) is 0 Å². The molecular formula is C14H16ClN2O2-. The number of ether oxygens (including phenoxy) is 2. The maximum atomic E-state index is 5.36. The molecule has 1 N–H and O–H groups in total. The molecule has 0 saturated carbocycles. The van der Waals surface area contributed by atoms with Crippen molar-refractivity contribution in [1.29, 1.82) is 0 Å². The number of benzene rings is 1. The number of aromatic nitrogens is 1. The molecule has 1 aliphatic heterocycles. The van der Waals surface area contributed by atoms with Crippen LogP contribution in [0.25, 0.3) is 0 Å². The first-order chi connectivity index (χ1) is 8.83. The fourth-order valence-corrected chi connectivity index (χ4v) is 2.07. The Morgan fingerprint density at radius 2 is 2.00 bits per heavy atom. The Kier molecular flexibility index (Phi) is 4.35. The van der Waals surface area contributed by atoms with Crippen molar-refractivity contribution in [2.75, 3.05) is 6.79 Å². The van der Waals surface area contributed by atoms with Gasteiger partial charge in [-0.25, -0.2) is 0 Å². The van der Waals surface area contributed by atoms with Gasteiger partial charge < -0.3 is 31.8 Å². The summed E-state index contributed by atoms with van der Waals surface area (Å²) >= 11 is 0. The fourth-order valence-electron chi connectivity index (χ4n) is 2.07. The van der Waals surface area contributed by atoms with Crippen molar-refractivity contribution in [3.63, 3.8) is 0 Å². The third-order valence-corrected chi connectivity index (χ3v) is 3.12. The van der Waals surface area contributed by atoms with Gasteiger partial charge >= 0.3 is 0 Å². The monoisotopic (exact) mass is 279 g/mol. The second kappa shape index (κ2) is 5.99. The number of nitrogens with one attached hydrogen (secondary N) is 1. The van der Waals surface area contributed by atoms with Crippen LogP contribution in [0, 0.1) is 0 Å². The van der Waals surface area contributed by atoms with E-state index in [1.54, 1.807) is 0 Å². The summed E-state index contributed by atoms with van der Waals surface area (Å²) in [6, 6.07) is 10.2. The van der Waals surface area contributed by atoms with Crippen molar-refractivity contribution in [1.82, 2.24) is 9.88 Å². The number of hydrogen-bond donors (Lipinski definition) is 1. The molecule has 102 valence electrons. The summed E-state index contributed by atoms with van der Waals surface area (Å²) in [5, 5.41) is 3.42. The third kappa shape index (κ3) is 3.03. The molecule has 5 heteroatoms. The molecule has 0 atom stereocenters. The predicted molar refractivity (Wildman–Crippen MR) is 68.5 cm³/mol. The zero-order valence-corrected chi connectivity index (χ0v) is 11.5. The van der Waals surface area contributed by atoms with E-state index < -0.39 is 0 Å².